The van der Waals surface area contributed by atoms with E-state index >= 15 is 0 Å². The van der Waals surface area contributed by atoms with E-state index in [4.69, 9.17) is 9.84 Å². The average molecular weight is 223 g/mol. The molecule has 4 nitrogen and oxygen atoms in total. The standard InChI is InChI=1S/C12H17NO3/c1-3-16-11-6-4-5-10(7-11)12(15)13-8-9(2)14/h4-7,9,14H,3,8H2,1-2H3,(H,13,15). The lowest BCUT2D eigenvalue weighted by molar-refractivity contribution is 0.0923. The summed E-state index contributed by atoms with van der Waals surface area (Å²) in [4.78, 5) is 11.6. The highest BCUT2D eigenvalue weighted by molar-refractivity contribution is 5.94. The Morgan fingerprint density at radius 3 is 2.94 bits per heavy atom. The first kappa shape index (κ1) is 12.5. The number of carbonyl (C=O) groups is 1. The maximum absolute atomic E-state index is 11.6. The van der Waals surface area contributed by atoms with Gasteiger partial charge in [-0.1, -0.05) is 6.07 Å². The highest BCUT2D eigenvalue weighted by Gasteiger charge is 2.07. The summed E-state index contributed by atoms with van der Waals surface area (Å²) in [5.41, 5.74) is 0.534. The zero-order chi connectivity index (χ0) is 12.0. The summed E-state index contributed by atoms with van der Waals surface area (Å²) in [7, 11) is 0. The molecule has 0 fully saturated rings. The van der Waals surface area contributed by atoms with Crippen LogP contribution in [0.3, 0.4) is 0 Å². The fourth-order valence-corrected chi connectivity index (χ4v) is 1.24. The maximum atomic E-state index is 11.6. The highest BCUT2D eigenvalue weighted by atomic mass is 16.5. The predicted molar refractivity (Wildman–Crippen MR) is 61.6 cm³/mol. The smallest absolute Gasteiger partial charge is 0.251 e. The summed E-state index contributed by atoms with van der Waals surface area (Å²) in [6.45, 7) is 4.33. The number of aliphatic hydroxyl groups is 1. The van der Waals surface area contributed by atoms with Crippen molar-refractivity contribution in [2.45, 2.75) is 20.0 Å². The SMILES string of the molecule is CCOc1cccc(C(=O)NCC(C)O)c1. The van der Waals surface area contributed by atoms with E-state index in [-0.39, 0.29) is 12.5 Å². The fourth-order valence-electron chi connectivity index (χ4n) is 1.24. The Labute approximate surface area is 95.2 Å². The molecular weight excluding hydrogens is 206 g/mol. The van der Waals surface area contributed by atoms with Crippen LogP contribution in [0.1, 0.15) is 24.2 Å². The molecule has 88 valence electrons. The Kier molecular flexibility index (Phi) is 4.79. The molecular formula is C12H17NO3. The van der Waals surface area contributed by atoms with Gasteiger partial charge in [-0.3, -0.25) is 4.79 Å². The van der Waals surface area contributed by atoms with Crippen molar-refractivity contribution in [2.75, 3.05) is 13.2 Å². The van der Waals surface area contributed by atoms with E-state index < -0.39 is 6.10 Å². The van der Waals surface area contributed by atoms with Crippen molar-refractivity contribution < 1.29 is 14.6 Å². The molecule has 0 spiro atoms. The lowest BCUT2D eigenvalue weighted by Crippen LogP contribution is -2.30. The Balaban J connectivity index is 2.64. The third-order valence-corrected chi connectivity index (χ3v) is 1.97. The van der Waals surface area contributed by atoms with Gasteiger partial charge in [0.1, 0.15) is 5.75 Å². The molecule has 0 saturated heterocycles. The summed E-state index contributed by atoms with van der Waals surface area (Å²) < 4.78 is 5.29. The van der Waals surface area contributed by atoms with Crippen LogP contribution in [0.15, 0.2) is 24.3 Å². The fraction of sp³-hybridized carbons (Fsp3) is 0.417. The van der Waals surface area contributed by atoms with Crippen molar-refractivity contribution in [1.29, 1.82) is 0 Å². The van der Waals surface area contributed by atoms with E-state index in [1.165, 1.54) is 0 Å². The summed E-state index contributed by atoms with van der Waals surface area (Å²) in [5.74, 6) is 0.467. The maximum Gasteiger partial charge on any atom is 0.251 e. The van der Waals surface area contributed by atoms with Gasteiger partial charge in [0.2, 0.25) is 0 Å². The van der Waals surface area contributed by atoms with Crippen molar-refractivity contribution in [1.82, 2.24) is 5.32 Å². The van der Waals surface area contributed by atoms with E-state index in [1.54, 1.807) is 31.2 Å². The molecule has 0 aliphatic heterocycles. The van der Waals surface area contributed by atoms with Crippen LogP contribution >= 0.6 is 0 Å². The predicted octanol–water partition coefficient (Wildman–Crippen LogP) is 1.20. The largest absolute Gasteiger partial charge is 0.494 e. The molecule has 1 aromatic carbocycles. The average Bonchev–Trinajstić information content (AvgIpc) is 2.26. The second kappa shape index (κ2) is 6.12. The minimum atomic E-state index is -0.543. The zero-order valence-corrected chi connectivity index (χ0v) is 9.56. The molecule has 0 bridgehead atoms. The second-order valence-corrected chi connectivity index (χ2v) is 3.52. The lowest BCUT2D eigenvalue weighted by atomic mass is 10.2. The van der Waals surface area contributed by atoms with Crippen LogP contribution in [0.25, 0.3) is 0 Å². The number of carbonyl (C=O) groups excluding carboxylic acids is 1. The van der Waals surface area contributed by atoms with E-state index in [1.807, 2.05) is 6.92 Å². The van der Waals surface area contributed by atoms with Crippen LogP contribution in [0.4, 0.5) is 0 Å². The Morgan fingerprint density at radius 2 is 2.31 bits per heavy atom. The molecule has 0 radical (unpaired) electrons. The van der Waals surface area contributed by atoms with Crippen molar-refractivity contribution in [3.05, 3.63) is 29.8 Å². The van der Waals surface area contributed by atoms with Gasteiger partial charge < -0.3 is 15.2 Å². The van der Waals surface area contributed by atoms with Crippen molar-refractivity contribution in [3.8, 4) is 5.75 Å². The van der Waals surface area contributed by atoms with E-state index in [9.17, 15) is 4.79 Å². The van der Waals surface area contributed by atoms with E-state index in [0.29, 0.717) is 17.9 Å². The lowest BCUT2D eigenvalue weighted by Gasteiger charge is -2.08. The molecule has 16 heavy (non-hydrogen) atoms. The molecule has 1 amide bonds. The van der Waals surface area contributed by atoms with Gasteiger partial charge in [0.25, 0.3) is 5.91 Å². The number of benzene rings is 1. The van der Waals surface area contributed by atoms with Crippen molar-refractivity contribution in [2.24, 2.45) is 0 Å². The molecule has 1 aromatic rings. The molecule has 4 heteroatoms. The van der Waals surface area contributed by atoms with Gasteiger partial charge in [-0.2, -0.15) is 0 Å². The molecule has 1 atom stereocenters. The number of rotatable bonds is 5. The van der Waals surface area contributed by atoms with Crippen molar-refractivity contribution >= 4 is 5.91 Å². The topological polar surface area (TPSA) is 58.6 Å². The number of nitrogens with one attached hydrogen (secondary N) is 1. The quantitative estimate of drug-likeness (QED) is 0.788. The van der Waals surface area contributed by atoms with Gasteiger partial charge in [-0.05, 0) is 32.0 Å². The number of ether oxygens (including phenoxy) is 1. The number of aliphatic hydroxyl groups excluding tert-OH is 1. The number of hydrogen-bond acceptors (Lipinski definition) is 3. The monoisotopic (exact) mass is 223 g/mol. The normalized spacial score (nSPS) is 11.9. The second-order valence-electron chi connectivity index (χ2n) is 3.52. The molecule has 0 aromatic heterocycles. The van der Waals surface area contributed by atoms with Crippen molar-refractivity contribution in [3.63, 3.8) is 0 Å². The number of hydrogen-bond donors (Lipinski definition) is 2. The molecule has 0 heterocycles. The minimum absolute atomic E-state index is 0.206. The van der Waals surface area contributed by atoms with Gasteiger partial charge in [-0.25, -0.2) is 0 Å². The van der Waals surface area contributed by atoms with Crippen LogP contribution < -0.4 is 10.1 Å². The van der Waals surface area contributed by atoms with Gasteiger partial charge in [-0.15, -0.1) is 0 Å². The molecule has 2 N–H and O–H groups in total. The van der Waals surface area contributed by atoms with E-state index in [2.05, 4.69) is 5.32 Å². The third kappa shape index (κ3) is 3.90. The van der Waals surface area contributed by atoms with Gasteiger partial charge >= 0.3 is 0 Å². The van der Waals surface area contributed by atoms with Crippen LogP contribution in [0.2, 0.25) is 0 Å². The summed E-state index contributed by atoms with van der Waals surface area (Å²) in [6, 6.07) is 6.96. The summed E-state index contributed by atoms with van der Waals surface area (Å²) >= 11 is 0. The van der Waals surface area contributed by atoms with Crippen LogP contribution in [0.5, 0.6) is 5.75 Å². The first-order valence-electron chi connectivity index (χ1n) is 5.32. The molecule has 1 rings (SSSR count). The number of amides is 1. The highest BCUT2D eigenvalue weighted by Crippen LogP contribution is 2.12. The molecule has 0 aliphatic carbocycles. The third-order valence-electron chi connectivity index (χ3n) is 1.97. The first-order chi connectivity index (χ1) is 7.63. The first-order valence-corrected chi connectivity index (χ1v) is 5.32. The Hall–Kier alpha value is -1.55. The molecule has 0 saturated carbocycles. The van der Waals surface area contributed by atoms with Crippen LogP contribution in [0, 0.1) is 0 Å². The Morgan fingerprint density at radius 1 is 1.56 bits per heavy atom. The van der Waals surface area contributed by atoms with Crippen LogP contribution in [-0.4, -0.2) is 30.3 Å². The summed E-state index contributed by atoms with van der Waals surface area (Å²) in [6.07, 6.45) is -0.543. The van der Waals surface area contributed by atoms with Gasteiger partial charge in [0.05, 0.1) is 12.7 Å². The molecule has 1 unspecified atom stereocenters. The summed E-state index contributed by atoms with van der Waals surface area (Å²) in [5, 5.41) is 11.7. The van der Waals surface area contributed by atoms with Gasteiger partial charge in [0.15, 0.2) is 0 Å². The van der Waals surface area contributed by atoms with Gasteiger partial charge in [0, 0.05) is 12.1 Å². The minimum Gasteiger partial charge on any atom is -0.494 e. The Bertz CT molecular complexity index is 350. The van der Waals surface area contributed by atoms with Crippen LogP contribution in [-0.2, 0) is 0 Å². The van der Waals surface area contributed by atoms with E-state index in [0.717, 1.165) is 0 Å². The zero-order valence-electron chi connectivity index (χ0n) is 9.56. The molecule has 0 aliphatic rings.